The Hall–Kier alpha value is -2.15. The predicted octanol–water partition coefficient (Wildman–Crippen LogP) is 3.06. The van der Waals surface area contributed by atoms with Gasteiger partial charge >= 0.3 is 0 Å². The van der Waals surface area contributed by atoms with Crippen molar-refractivity contribution >= 4 is 0 Å². The molecule has 3 nitrogen and oxygen atoms in total. The third kappa shape index (κ3) is 2.00. The second-order valence-electron chi connectivity index (χ2n) is 4.22. The van der Waals surface area contributed by atoms with Crippen LogP contribution >= 0.6 is 0 Å². The molecule has 0 fully saturated rings. The maximum Gasteiger partial charge on any atom is 0.126 e. The maximum atomic E-state index is 13.4. The second kappa shape index (κ2) is 4.61. The number of aryl methyl sites for hydroxylation is 1. The fourth-order valence-corrected chi connectivity index (χ4v) is 2.20. The minimum Gasteiger partial charge on any atom is -0.237 e. The number of nitrogens with zero attached hydrogens (tertiary/aromatic N) is 3. The van der Waals surface area contributed by atoms with Gasteiger partial charge in [-0.3, -0.25) is 0 Å². The molecular weight excluding hydrogens is 229 g/mol. The van der Waals surface area contributed by atoms with Crippen LogP contribution in [0.2, 0.25) is 0 Å². The summed E-state index contributed by atoms with van der Waals surface area (Å²) in [5.74, 6) is -0.422. The Morgan fingerprint density at radius 1 is 1.33 bits per heavy atom. The van der Waals surface area contributed by atoms with Gasteiger partial charge in [0.2, 0.25) is 0 Å². The Bertz CT molecular complexity index is 635. The van der Waals surface area contributed by atoms with Crippen molar-refractivity contribution in [2.75, 3.05) is 0 Å². The molecule has 1 aromatic carbocycles. The highest BCUT2D eigenvalue weighted by atomic mass is 19.1. The molecule has 0 aliphatic rings. The van der Waals surface area contributed by atoms with E-state index in [1.165, 1.54) is 12.1 Å². The average molecular weight is 243 g/mol. The van der Waals surface area contributed by atoms with Gasteiger partial charge in [0.05, 0.1) is 23.0 Å². The molecule has 0 spiro atoms. The number of halogens is 1. The molecular formula is C14H14FN3. The van der Waals surface area contributed by atoms with E-state index in [2.05, 4.69) is 12.0 Å². The largest absolute Gasteiger partial charge is 0.237 e. The monoisotopic (exact) mass is 243 g/mol. The van der Waals surface area contributed by atoms with Gasteiger partial charge in [0.15, 0.2) is 0 Å². The van der Waals surface area contributed by atoms with E-state index in [9.17, 15) is 4.39 Å². The highest BCUT2D eigenvalue weighted by molar-refractivity contribution is 5.43. The summed E-state index contributed by atoms with van der Waals surface area (Å²) in [7, 11) is 0. The van der Waals surface area contributed by atoms with E-state index in [0.29, 0.717) is 11.3 Å². The number of benzene rings is 1. The van der Waals surface area contributed by atoms with E-state index in [1.54, 1.807) is 10.7 Å². The molecule has 0 saturated carbocycles. The lowest BCUT2D eigenvalue weighted by Gasteiger charge is -2.05. The molecule has 1 aromatic heterocycles. The van der Waals surface area contributed by atoms with Crippen molar-refractivity contribution in [2.45, 2.75) is 27.2 Å². The minimum absolute atomic E-state index is 0.301. The predicted molar refractivity (Wildman–Crippen MR) is 67.1 cm³/mol. The van der Waals surface area contributed by atoms with Gasteiger partial charge in [-0.2, -0.15) is 10.4 Å². The SMILES string of the molecule is CCc1c(C)nn(-c2cc(F)cc(C#N)c2)c1C. The molecule has 18 heavy (non-hydrogen) atoms. The molecule has 0 amide bonds. The molecule has 4 heteroatoms. The Kier molecular flexibility index (Phi) is 3.15. The van der Waals surface area contributed by atoms with Crippen LogP contribution in [0.5, 0.6) is 0 Å². The first-order chi connectivity index (χ1) is 8.56. The fraction of sp³-hybridized carbons (Fsp3) is 0.286. The lowest BCUT2D eigenvalue weighted by molar-refractivity contribution is 0.624. The summed E-state index contributed by atoms with van der Waals surface area (Å²) in [6, 6.07) is 6.20. The lowest BCUT2D eigenvalue weighted by Crippen LogP contribution is -2.01. The van der Waals surface area contributed by atoms with Crippen LogP contribution in [0.4, 0.5) is 4.39 Å². The Morgan fingerprint density at radius 2 is 2.06 bits per heavy atom. The molecule has 0 bridgehead atoms. The summed E-state index contributed by atoms with van der Waals surface area (Å²) in [6.45, 7) is 5.95. The smallest absolute Gasteiger partial charge is 0.126 e. The van der Waals surface area contributed by atoms with E-state index in [4.69, 9.17) is 5.26 Å². The number of hydrogen-bond acceptors (Lipinski definition) is 2. The van der Waals surface area contributed by atoms with E-state index in [0.717, 1.165) is 23.4 Å². The summed E-state index contributed by atoms with van der Waals surface area (Å²) < 4.78 is 15.1. The molecule has 0 aliphatic heterocycles. The Morgan fingerprint density at radius 3 is 2.61 bits per heavy atom. The molecule has 2 rings (SSSR count). The van der Waals surface area contributed by atoms with E-state index in [1.807, 2.05) is 19.9 Å². The van der Waals surface area contributed by atoms with Crippen LogP contribution in [0.1, 0.15) is 29.4 Å². The summed E-state index contributed by atoms with van der Waals surface area (Å²) in [5, 5.41) is 13.3. The van der Waals surface area contributed by atoms with Crippen LogP contribution in [-0.4, -0.2) is 9.78 Å². The van der Waals surface area contributed by atoms with E-state index < -0.39 is 5.82 Å². The molecule has 0 atom stereocenters. The fourth-order valence-electron chi connectivity index (χ4n) is 2.20. The normalized spacial score (nSPS) is 10.4. The number of aromatic nitrogens is 2. The lowest BCUT2D eigenvalue weighted by atomic mass is 10.1. The number of nitriles is 1. The first-order valence-corrected chi connectivity index (χ1v) is 5.83. The van der Waals surface area contributed by atoms with Gasteiger partial charge in [-0.1, -0.05) is 6.92 Å². The Balaban J connectivity index is 2.63. The van der Waals surface area contributed by atoms with Crippen molar-refractivity contribution in [1.29, 1.82) is 5.26 Å². The molecule has 0 saturated heterocycles. The highest BCUT2D eigenvalue weighted by Gasteiger charge is 2.12. The van der Waals surface area contributed by atoms with Crippen molar-refractivity contribution in [1.82, 2.24) is 9.78 Å². The molecule has 0 radical (unpaired) electrons. The van der Waals surface area contributed by atoms with Crippen LogP contribution in [0.3, 0.4) is 0 Å². The van der Waals surface area contributed by atoms with Gasteiger partial charge < -0.3 is 0 Å². The topological polar surface area (TPSA) is 41.6 Å². The van der Waals surface area contributed by atoms with Crippen molar-refractivity contribution < 1.29 is 4.39 Å². The van der Waals surface area contributed by atoms with Gasteiger partial charge in [-0.25, -0.2) is 9.07 Å². The molecule has 0 aliphatic carbocycles. The van der Waals surface area contributed by atoms with Gasteiger partial charge in [0.1, 0.15) is 5.82 Å². The number of rotatable bonds is 2. The van der Waals surface area contributed by atoms with Gasteiger partial charge in [0.25, 0.3) is 0 Å². The molecule has 1 heterocycles. The summed E-state index contributed by atoms with van der Waals surface area (Å²) >= 11 is 0. The molecule has 92 valence electrons. The van der Waals surface area contributed by atoms with Crippen LogP contribution in [0.15, 0.2) is 18.2 Å². The van der Waals surface area contributed by atoms with Crippen LogP contribution < -0.4 is 0 Å². The zero-order valence-corrected chi connectivity index (χ0v) is 10.7. The Labute approximate surface area is 105 Å². The van der Waals surface area contributed by atoms with Gasteiger partial charge in [0, 0.05) is 5.69 Å². The second-order valence-corrected chi connectivity index (χ2v) is 4.22. The molecule has 2 aromatic rings. The minimum atomic E-state index is -0.422. The van der Waals surface area contributed by atoms with Crippen LogP contribution in [0, 0.1) is 31.0 Å². The van der Waals surface area contributed by atoms with Crippen molar-refractivity contribution in [3.8, 4) is 11.8 Å². The zero-order valence-electron chi connectivity index (χ0n) is 10.7. The maximum absolute atomic E-state index is 13.4. The third-order valence-electron chi connectivity index (χ3n) is 3.05. The average Bonchev–Trinajstić information content (AvgIpc) is 2.63. The summed E-state index contributed by atoms with van der Waals surface area (Å²) in [4.78, 5) is 0. The molecule has 0 unspecified atom stereocenters. The standard InChI is InChI=1S/C14H14FN3/c1-4-14-9(2)17-18(10(14)3)13-6-11(8-16)5-12(15)7-13/h5-7H,4H2,1-3H3. The van der Waals surface area contributed by atoms with Crippen LogP contribution in [0.25, 0.3) is 5.69 Å². The first-order valence-electron chi connectivity index (χ1n) is 5.83. The van der Waals surface area contributed by atoms with Crippen molar-refractivity contribution in [2.24, 2.45) is 0 Å². The van der Waals surface area contributed by atoms with Crippen LogP contribution in [-0.2, 0) is 6.42 Å². The first kappa shape index (κ1) is 12.3. The van der Waals surface area contributed by atoms with Crippen molar-refractivity contribution in [3.05, 3.63) is 46.5 Å². The van der Waals surface area contributed by atoms with E-state index >= 15 is 0 Å². The highest BCUT2D eigenvalue weighted by Crippen LogP contribution is 2.20. The molecule has 0 N–H and O–H groups in total. The third-order valence-corrected chi connectivity index (χ3v) is 3.05. The summed E-state index contributed by atoms with van der Waals surface area (Å²) in [6.07, 6.45) is 0.887. The van der Waals surface area contributed by atoms with Crippen molar-refractivity contribution in [3.63, 3.8) is 0 Å². The quantitative estimate of drug-likeness (QED) is 0.813. The van der Waals surface area contributed by atoms with E-state index in [-0.39, 0.29) is 0 Å². The van der Waals surface area contributed by atoms with Gasteiger partial charge in [-0.05, 0) is 44.0 Å². The number of hydrogen-bond donors (Lipinski definition) is 0. The summed E-state index contributed by atoms with van der Waals surface area (Å²) in [5.41, 5.74) is 3.99. The van der Waals surface area contributed by atoms with Gasteiger partial charge in [-0.15, -0.1) is 0 Å². The zero-order chi connectivity index (χ0) is 13.3.